The number of carbonyl (C=O) groups is 2. The summed E-state index contributed by atoms with van der Waals surface area (Å²) in [5.41, 5.74) is 7.17. The van der Waals surface area contributed by atoms with E-state index in [-0.39, 0.29) is 5.91 Å². The van der Waals surface area contributed by atoms with E-state index in [9.17, 15) is 14.0 Å². The molecule has 4 nitrogen and oxygen atoms in total. The predicted molar refractivity (Wildman–Crippen MR) is 81.3 cm³/mol. The first-order valence-corrected chi connectivity index (χ1v) is 6.71. The molecule has 1 amide bonds. The number of nitrogens with zero attached hydrogens (tertiary/aromatic N) is 1. The first-order valence-electron chi connectivity index (χ1n) is 6.71. The summed E-state index contributed by atoms with van der Waals surface area (Å²) in [6, 6.07) is 12.3. The molecule has 2 aromatic carbocycles. The molecule has 0 spiro atoms. The van der Waals surface area contributed by atoms with Crippen LogP contribution in [0.3, 0.4) is 0 Å². The van der Waals surface area contributed by atoms with Crippen LogP contribution in [0.1, 0.15) is 26.4 Å². The largest absolute Gasteiger partial charge is 0.366 e. The normalized spacial score (nSPS) is 10.8. The van der Waals surface area contributed by atoms with Gasteiger partial charge in [-0.1, -0.05) is 18.2 Å². The Kier molecular flexibility index (Phi) is 3.25. The molecule has 1 heterocycles. The molecule has 0 atom stereocenters. The van der Waals surface area contributed by atoms with Crippen molar-refractivity contribution < 1.29 is 14.0 Å². The Labute approximate surface area is 126 Å². The maximum atomic E-state index is 13.0. The summed E-state index contributed by atoms with van der Waals surface area (Å²) in [5, 5.41) is 0.628. The molecule has 0 fully saturated rings. The third kappa shape index (κ3) is 2.07. The number of primary amides is 1. The van der Waals surface area contributed by atoms with Crippen molar-refractivity contribution >= 4 is 22.7 Å². The van der Waals surface area contributed by atoms with Gasteiger partial charge in [-0.25, -0.2) is 4.39 Å². The highest BCUT2D eigenvalue weighted by Gasteiger charge is 2.22. The second-order valence-corrected chi connectivity index (χ2v) is 4.99. The number of benzene rings is 2. The third-order valence-electron chi connectivity index (χ3n) is 3.65. The summed E-state index contributed by atoms with van der Waals surface area (Å²) in [5.74, 6) is -1.33. The number of hydrogen-bond donors (Lipinski definition) is 1. The number of nitrogens with two attached hydrogens (primary N) is 1. The van der Waals surface area contributed by atoms with E-state index in [1.54, 1.807) is 31.2 Å². The summed E-state index contributed by atoms with van der Waals surface area (Å²) < 4.78 is 14.4. The van der Waals surface area contributed by atoms with E-state index < -0.39 is 11.7 Å². The first kappa shape index (κ1) is 14.0. The van der Waals surface area contributed by atoms with Crippen molar-refractivity contribution in [3.8, 4) is 0 Å². The second-order valence-electron chi connectivity index (χ2n) is 4.99. The highest BCUT2D eigenvalue weighted by molar-refractivity contribution is 6.12. The smallest absolute Gasteiger partial charge is 0.262 e. The Morgan fingerprint density at radius 2 is 1.68 bits per heavy atom. The third-order valence-corrected chi connectivity index (χ3v) is 3.65. The molecule has 3 rings (SSSR count). The molecule has 3 aromatic rings. The van der Waals surface area contributed by atoms with Gasteiger partial charge in [0.2, 0.25) is 0 Å². The number of carbonyl (C=O) groups excluding carboxylic acids is 2. The van der Waals surface area contributed by atoms with Crippen LogP contribution in [-0.4, -0.2) is 16.4 Å². The van der Waals surface area contributed by atoms with Gasteiger partial charge in [-0.05, 0) is 37.3 Å². The predicted octanol–water partition coefficient (Wildman–Crippen LogP) is 2.88. The molecule has 1 aromatic heterocycles. The Bertz CT molecular complexity index is 895. The van der Waals surface area contributed by atoms with Gasteiger partial charge >= 0.3 is 0 Å². The Hall–Kier alpha value is -2.95. The van der Waals surface area contributed by atoms with E-state index in [1.807, 2.05) is 0 Å². The molecule has 0 radical (unpaired) electrons. The summed E-state index contributed by atoms with van der Waals surface area (Å²) >= 11 is 0. The van der Waals surface area contributed by atoms with Gasteiger partial charge in [0.05, 0.1) is 11.1 Å². The fraction of sp³-hybridized carbons (Fsp3) is 0.0588. The number of halogens is 1. The molecule has 0 bridgehead atoms. The summed E-state index contributed by atoms with van der Waals surface area (Å²) in [7, 11) is 0. The maximum absolute atomic E-state index is 13.0. The fourth-order valence-electron chi connectivity index (χ4n) is 2.66. The monoisotopic (exact) mass is 296 g/mol. The highest BCUT2D eigenvalue weighted by Crippen LogP contribution is 2.26. The van der Waals surface area contributed by atoms with Crippen LogP contribution >= 0.6 is 0 Å². The summed E-state index contributed by atoms with van der Waals surface area (Å²) in [4.78, 5) is 24.4. The molecule has 110 valence electrons. The Balaban J connectivity index is 2.27. The number of hydrogen-bond acceptors (Lipinski definition) is 2. The quantitative estimate of drug-likeness (QED) is 0.790. The fourth-order valence-corrected chi connectivity index (χ4v) is 2.66. The molecule has 2 N–H and O–H groups in total. The van der Waals surface area contributed by atoms with Crippen molar-refractivity contribution in [2.24, 2.45) is 5.73 Å². The molecule has 0 saturated carbocycles. The van der Waals surface area contributed by atoms with Crippen LogP contribution in [0.5, 0.6) is 0 Å². The molecule has 0 aliphatic rings. The Morgan fingerprint density at radius 1 is 1.05 bits per heavy atom. The van der Waals surface area contributed by atoms with Gasteiger partial charge in [0.25, 0.3) is 11.8 Å². The zero-order valence-corrected chi connectivity index (χ0v) is 11.8. The first-order chi connectivity index (χ1) is 10.5. The standard InChI is InChI=1S/C17H13FN2O2/c1-10-15(16(19)21)13-4-2-3-5-14(13)20(10)17(22)11-6-8-12(18)9-7-11/h2-9H,1H3,(H2,19,21). The Morgan fingerprint density at radius 3 is 2.32 bits per heavy atom. The molecule has 0 aliphatic carbocycles. The van der Waals surface area contributed by atoms with Crippen molar-refractivity contribution in [3.05, 3.63) is 71.2 Å². The second kappa shape index (κ2) is 5.11. The minimum Gasteiger partial charge on any atom is -0.366 e. The van der Waals surface area contributed by atoms with Crippen molar-refractivity contribution in [2.45, 2.75) is 6.92 Å². The lowest BCUT2D eigenvalue weighted by Crippen LogP contribution is -2.16. The minimum atomic E-state index is -0.584. The average molecular weight is 296 g/mol. The van der Waals surface area contributed by atoms with Gasteiger partial charge in [-0.3, -0.25) is 14.2 Å². The molecule has 0 saturated heterocycles. The lowest BCUT2D eigenvalue weighted by atomic mass is 10.1. The lowest BCUT2D eigenvalue weighted by Gasteiger charge is -2.07. The van der Waals surface area contributed by atoms with E-state index in [0.29, 0.717) is 27.7 Å². The van der Waals surface area contributed by atoms with Crippen molar-refractivity contribution in [1.82, 2.24) is 4.57 Å². The van der Waals surface area contributed by atoms with Crippen LogP contribution in [-0.2, 0) is 0 Å². The van der Waals surface area contributed by atoms with Gasteiger partial charge < -0.3 is 5.73 Å². The van der Waals surface area contributed by atoms with Gasteiger partial charge in [0.1, 0.15) is 5.82 Å². The van der Waals surface area contributed by atoms with Crippen LogP contribution in [0, 0.1) is 12.7 Å². The molecule has 0 aliphatic heterocycles. The minimum absolute atomic E-state index is 0.325. The molecular formula is C17H13FN2O2. The number of aromatic nitrogens is 1. The topological polar surface area (TPSA) is 65.1 Å². The van der Waals surface area contributed by atoms with E-state index in [4.69, 9.17) is 5.73 Å². The van der Waals surface area contributed by atoms with Gasteiger partial charge in [-0.2, -0.15) is 0 Å². The zero-order chi connectivity index (χ0) is 15.9. The van der Waals surface area contributed by atoms with Crippen LogP contribution in [0.15, 0.2) is 48.5 Å². The molecule has 0 unspecified atom stereocenters. The van der Waals surface area contributed by atoms with Crippen molar-refractivity contribution in [1.29, 1.82) is 0 Å². The van der Waals surface area contributed by atoms with E-state index in [1.165, 1.54) is 28.8 Å². The van der Waals surface area contributed by atoms with Gasteiger partial charge in [0, 0.05) is 16.6 Å². The van der Waals surface area contributed by atoms with Gasteiger partial charge in [0.15, 0.2) is 0 Å². The number of amides is 1. The van der Waals surface area contributed by atoms with Crippen LogP contribution < -0.4 is 5.73 Å². The van der Waals surface area contributed by atoms with Crippen LogP contribution in [0.2, 0.25) is 0 Å². The summed E-state index contributed by atoms with van der Waals surface area (Å²) in [6.07, 6.45) is 0. The van der Waals surface area contributed by atoms with Crippen molar-refractivity contribution in [2.75, 3.05) is 0 Å². The van der Waals surface area contributed by atoms with Crippen LogP contribution in [0.25, 0.3) is 10.9 Å². The maximum Gasteiger partial charge on any atom is 0.262 e. The number of fused-ring (bicyclic) bond motifs is 1. The SMILES string of the molecule is Cc1c(C(N)=O)c2ccccc2n1C(=O)c1ccc(F)cc1. The number of para-hydroxylation sites is 1. The van der Waals surface area contributed by atoms with E-state index >= 15 is 0 Å². The average Bonchev–Trinajstić information content (AvgIpc) is 2.79. The molecular weight excluding hydrogens is 283 g/mol. The molecule has 22 heavy (non-hydrogen) atoms. The van der Waals surface area contributed by atoms with E-state index in [2.05, 4.69) is 0 Å². The van der Waals surface area contributed by atoms with E-state index in [0.717, 1.165) is 0 Å². The van der Waals surface area contributed by atoms with Crippen LogP contribution in [0.4, 0.5) is 4.39 Å². The van der Waals surface area contributed by atoms with Crippen molar-refractivity contribution in [3.63, 3.8) is 0 Å². The zero-order valence-electron chi connectivity index (χ0n) is 11.8. The highest BCUT2D eigenvalue weighted by atomic mass is 19.1. The lowest BCUT2D eigenvalue weighted by molar-refractivity contribution is 0.0963. The van der Waals surface area contributed by atoms with Gasteiger partial charge in [-0.15, -0.1) is 0 Å². The summed E-state index contributed by atoms with van der Waals surface area (Å²) in [6.45, 7) is 1.67. The number of rotatable bonds is 2. The molecule has 5 heteroatoms.